The summed E-state index contributed by atoms with van der Waals surface area (Å²) in [4.78, 5) is 2.53. The molecule has 0 aromatic rings. The highest BCUT2D eigenvalue weighted by Crippen LogP contribution is 2.41. The maximum Gasteiger partial charge on any atom is 0.0747 e. The predicted molar refractivity (Wildman–Crippen MR) is 72.8 cm³/mol. The Morgan fingerprint density at radius 1 is 1.18 bits per heavy atom. The van der Waals surface area contributed by atoms with Gasteiger partial charge in [0.15, 0.2) is 0 Å². The van der Waals surface area contributed by atoms with Crippen LogP contribution >= 0.6 is 0 Å². The van der Waals surface area contributed by atoms with Crippen LogP contribution in [0.25, 0.3) is 0 Å². The van der Waals surface area contributed by atoms with Gasteiger partial charge in [0.05, 0.1) is 11.3 Å². The highest BCUT2D eigenvalue weighted by Gasteiger charge is 2.48. The van der Waals surface area contributed by atoms with E-state index in [2.05, 4.69) is 37.8 Å². The van der Waals surface area contributed by atoms with Gasteiger partial charge in [-0.2, -0.15) is 0 Å². The van der Waals surface area contributed by atoms with Crippen LogP contribution in [0.1, 0.15) is 60.3 Å². The fourth-order valence-corrected chi connectivity index (χ4v) is 3.61. The third-order valence-corrected chi connectivity index (χ3v) is 4.40. The number of nitrogens with zero attached hydrogens (tertiary/aromatic N) is 2. The van der Waals surface area contributed by atoms with Crippen molar-refractivity contribution in [1.82, 2.24) is 4.90 Å². The van der Waals surface area contributed by atoms with Gasteiger partial charge < -0.3 is 5.21 Å². The fraction of sp³-hybridized carbons (Fsp3) is 0.929. The quantitative estimate of drug-likeness (QED) is 0.465. The van der Waals surface area contributed by atoms with Crippen molar-refractivity contribution in [3.63, 3.8) is 0 Å². The Balaban J connectivity index is 3.15. The van der Waals surface area contributed by atoms with E-state index in [1.54, 1.807) is 0 Å². The lowest BCUT2D eigenvalue weighted by Gasteiger charge is -2.53. The summed E-state index contributed by atoms with van der Waals surface area (Å²) in [6, 6.07) is 0. The second-order valence-electron chi connectivity index (χ2n) is 6.20. The van der Waals surface area contributed by atoms with E-state index in [1.807, 2.05) is 6.92 Å². The molecule has 1 N–H and O–H groups in total. The average molecular weight is 240 g/mol. The molecule has 0 amide bonds. The lowest BCUT2D eigenvalue weighted by molar-refractivity contribution is 0.0273. The van der Waals surface area contributed by atoms with Crippen molar-refractivity contribution in [3.05, 3.63) is 0 Å². The summed E-state index contributed by atoms with van der Waals surface area (Å²) in [5.41, 5.74) is 0.826. The van der Waals surface area contributed by atoms with Crippen molar-refractivity contribution in [1.29, 1.82) is 0 Å². The third-order valence-electron chi connectivity index (χ3n) is 4.40. The van der Waals surface area contributed by atoms with E-state index in [0.717, 1.165) is 25.2 Å². The van der Waals surface area contributed by atoms with Crippen LogP contribution < -0.4 is 0 Å². The van der Waals surface area contributed by atoms with Crippen LogP contribution in [0.3, 0.4) is 0 Å². The fourth-order valence-electron chi connectivity index (χ4n) is 3.61. The Hall–Kier alpha value is -0.570. The minimum absolute atomic E-state index is 0.0788. The second kappa shape index (κ2) is 5.38. The topological polar surface area (TPSA) is 35.8 Å². The largest absolute Gasteiger partial charge is 0.411 e. The molecule has 3 nitrogen and oxygen atoms in total. The minimum atomic E-state index is -0.109. The Morgan fingerprint density at radius 2 is 1.71 bits per heavy atom. The Bertz CT molecular complexity index is 274. The molecule has 3 heteroatoms. The van der Waals surface area contributed by atoms with E-state index in [1.165, 1.54) is 19.3 Å². The molecule has 1 fully saturated rings. The van der Waals surface area contributed by atoms with Crippen LogP contribution in [0, 0.1) is 5.41 Å². The Kier molecular flexibility index (Phi) is 4.59. The van der Waals surface area contributed by atoms with Crippen molar-refractivity contribution >= 4 is 5.71 Å². The standard InChI is InChI=1S/C14H28N2O/c1-6-14(12(2)15-17,13(3,4)5)16-10-8-7-9-11-16/h17H,6-11H2,1-5H3/b15-12+. The van der Waals surface area contributed by atoms with Crippen molar-refractivity contribution in [2.75, 3.05) is 13.1 Å². The van der Waals surface area contributed by atoms with Crippen molar-refractivity contribution < 1.29 is 5.21 Å². The first kappa shape index (κ1) is 14.5. The number of hydrogen-bond acceptors (Lipinski definition) is 3. The van der Waals surface area contributed by atoms with Gasteiger partial charge in [0, 0.05) is 0 Å². The summed E-state index contributed by atoms with van der Waals surface area (Å²) in [5, 5.41) is 12.8. The number of likely N-dealkylation sites (tertiary alicyclic amines) is 1. The molecule has 1 rings (SSSR count). The van der Waals surface area contributed by atoms with Crippen LogP contribution in [0.5, 0.6) is 0 Å². The van der Waals surface area contributed by atoms with E-state index in [4.69, 9.17) is 0 Å². The van der Waals surface area contributed by atoms with Crippen LogP contribution in [0.2, 0.25) is 0 Å². The molecule has 0 aromatic carbocycles. The van der Waals surface area contributed by atoms with E-state index >= 15 is 0 Å². The van der Waals surface area contributed by atoms with E-state index < -0.39 is 0 Å². The molecule has 0 bridgehead atoms. The van der Waals surface area contributed by atoms with Gasteiger partial charge in [-0.25, -0.2) is 0 Å². The van der Waals surface area contributed by atoms with Gasteiger partial charge in [0.25, 0.3) is 0 Å². The first-order chi connectivity index (χ1) is 7.90. The Morgan fingerprint density at radius 3 is 2.06 bits per heavy atom. The molecule has 17 heavy (non-hydrogen) atoms. The van der Waals surface area contributed by atoms with Gasteiger partial charge in [0.2, 0.25) is 0 Å². The minimum Gasteiger partial charge on any atom is -0.411 e. The first-order valence-corrected chi connectivity index (χ1v) is 6.84. The molecular formula is C14H28N2O. The summed E-state index contributed by atoms with van der Waals surface area (Å²) in [6.45, 7) is 13.2. The zero-order chi connectivity index (χ0) is 13.1. The van der Waals surface area contributed by atoms with Gasteiger partial charge in [-0.15, -0.1) is 0 Å². The van der Waals surface area contributed by atoms with Crippen LogP contribution in [-0.4, -0.2) is 34.4 Å². The van der Waals surface area contributed by atoms with Gasteiger partial charge in [0.1, 0.15) is 0 Å². The summed E-state index contributed by atoms with van der Waals surface area (Å²) < 4.78 is 0. The zero-order valence-corrected chi connectivity index (χ0v) is 12.1. The van der Waals surface area contributed by atoms with E-state index in [-0.39, 0.29) is 11.0 Å². The number of rotatable bonds is 3. The van der Waals surface area contributed by atoms with E-state index in [0.29, 0.717) is 0 Å². The molecule has 1 aliphatic heterocycles. The lowest BCUT2D eigenvalue weighted by Crippen LogP contribution is -2.62. The number of oxime groups is 1. The maximum atomic E-state index is 9.26. The zero-order valence-electron chi connectivity index (χ0n) is 12.1. The van der Waals surface area contributed by atoms with Crippen LogP contribution in [0.4, 0.5) is 0 Å². The summed E-state index contributed by atoms with van der Waals surface area (Å²) in [6.07, 6.45) is 4.84. The molecule has 0 spiro atoms. The first-order valence-electron chi connectivity index (χ1n) is 6.84. The molecular weight excluding hydrogens is 212 g/mol. The SMILES string of the molecule is CCC(/C(C)=N/O)(N1CCCCC1)C(C)(C)C. The summed E-state index contributed by atoms with van der Waals surface area (Å²) >= 11 is 0. The highest BCUT2D eigenvalue weighted by molar-refractivity contribution is 5.91. The second-order valence-corrected chi connectivity index (χ2v) is 6.20. The smallest absolute Gasteiger partial charge is 0.0747 e. The number of piperidine rings is 1. The molecule has 1 heterocycles. The van der Waals surface area contributed by atoms with Crippen molar-refractivity contribution in [2.45, 2.75) is 65.8 Å². The molecule has 0 aromatic heterocycles. The van der Waals surface area contributed by atoms with E-state index in [9.17, 15) is 5.21 Å². The molecule has 1 saturated heterocycles. The van der Waals surface area contributed by atoms with Gasteiger partial charge in [-0.05, 0) is 44.7 Å². The monoisotopic (exact) mass is 240 g/mol. The van der Waals surface area contributed by atoms with Crippen molar-refractivity contribution in [3.8, 4) is 0 Å². The molecule has 1 atom stereocenters. The predicted octanol–water partition coefficient (Wildman–Crippen LogP) is 3.52. The third kappa shape index (κ3) is 2.49. The average Bonchev–Trinajstić information content (AvgIpc) is 2.30. The highest BCUT2D eigenvalue weighted by atomic mass is 16.4. The van der Waals surface area contributed by atoms with Gasteiger partial charge in [-0.1, -0.05) is 39.3 Å². The number of hydrogen-bond donors (Lipinski definition) is 1. The molecule has 0 aliphatic carbocycles. The molecule has 0 radical (unpaired) electrons. The molecule has 100 valence electrons. The molecule has 0 saturated carbocycles. The van der Waals surface area contributed by atoms with Gasteiger partial charge in [-0.3, -0.25) is 4.90 Å². The van der Waals surface area contributed by atoms with Crippen molar-refractivity contribution in [2.24, 2.45) is 10.6 Å². The summed E-state index contributed by atoms with van der Waals surface area (Å²) in [7, 11) is 0. The van der Waals surface area contributed by atoms with Crippen LogP contribution in [0.15, 0.2) is 5.16 Å². The maximum absolute atomic E-state index is 9.26. The molecule has 1 aliphatic rings. The lowest BCUT2D eigenvalue weighted by atomic mass is 9.67. The molecule has 1 unspecified atom stereocenters. The van der Waals surface area contributed by atoms with Crippen LogP contribution in [-0.2, 0) is 0 Å². The Labute approximate surface area is 106 Å². The normalized spacial score (nSPS) is 23.5. The van der Waals surface area contributed by atoms with Gasteiger partial charge >= 0.3 is 0 Å². The summed E-state index contributed by atoms with van der Waals surface area (Å²) in [5.74, 6) is 0.